The maximum atomic E-state index is 13.6. The van der Waals surface area contributed by atoms with Crippen molar-refractivity contribution in [2.45, 2.75) is 25.2 Å². The van der Waals surface area contributed by atoms with Crippen LogP contribution in [-0.2, 0) is 15.0 Å². The van der Waals surface area contributed by atoms with Crippen molar-refractivity contribution in [1.29, 1.82) is 0 Å². The fraction of sp³-hybridized carbons (Fsp3) is 0.250. The second-order valence-electron chi connectivity index (χ2n) is 7.49. The Kier molecular flexibility index (Phi) is 4.31. The number of Topliss-reactive ketones (excluding diaryl/α,β-unsaturated/α-hetero) is 2. The molecule has 2 atom stereocenters. The molecule has 0 aliphatic heterocycles. The van der Waals surface area contributed by atoms with Gasteiger partial charge in [-0.05, 0) is 39.9 Å². The van der Waals surface area contributed by atoms with Gasteiger partial charge in [0.05, 0.1) is 15.8 Å². The summed E-state index contributed by atoms with van der Waals surface area (Å²) in [6, 6.07) is 20.0. The highest BCUT2D eigenvalue weighted by atomic mass is 79.9. The van der Waals surface area contributed by atoms with Crippen LogP contribution in [-0.4, -0.2) is 11.6 Å². The van der Waals surface area contributed by atoms with E-state index in [1.807, 2.05) is 67.6 Å². The molecular formula is C24H21BrO2. The molecule has 0 amide bonds. The summed E-state index contributed by atoms with van der Waals surface area (Å²) >= 11 is 3.45. The molecule has 0 bridgehead atoms. The van der Waals surface area contributed by atoms with Gasteiger partial charge in [0.15, 0.2) is 11.6 Å². The van der Waals surface area contributed by atoms with Crippen molar-refractivity contribution in [2.24, 2.45) is 11.3 Å². The van der Waals surface area contributed by atoms with Crippen LogP contribution in [0.2, 0.25) is 0 Å². The van der Waals surface area contributed by atoms with Gasteiger partial charge in [-0.3, -0.25) is 9.59 Å². The summed E-state index contributed by atoms with van der Waals surface area (Å²) in [5, 5.41) is 0. The van der Waals surface area contributed by atoms with Crippen molar-refractivity contribution in [1.82, 2.24) is 0 Å². The van der Waals surface area contributed by atoms with Crippen molar-refractivity contribution in [2.75, 3.05) is 0 Å². The Balaban J connectivity index is 1.94. The number of hydrogen-bond acceptors (Lipinski definition) is 2. The molecule has 0 spiro atoms. The fourth-order valence-corrected chi connectivity index (χ4v) is 5.66. The smallest absolute Gasteiger partial charge is 0.175 e. The molecule has 4 rings (SSSR count). The molecule has 27 heavy (non-hydrogen) atoms. The molecule has 2 aromatic carbocycles. The second kappa shape index (κ2) is 6.42. The lowest BCUT2D eigenvalue weighted by Gasteiger charge is -2.24. The number of benzene rings is 2. The molecular weight excluding hydrogens is 400 g/mol. The third-order valence-electron chi connectivity index (χ3n) is 6.29. The molecule has 136 valence electrons. The Morgan fingerprint density at radius 3 is 2.00 bits per heavy atom. The summed E-state index contributed by atoms with van der Waals surface area (Å²) in [7, 11) is 0. The third kappa shape index (κ3) is 2.24. The van der Waals surface area contributed by atoms with E-state index in [0.29, 0.717) is 22.9 Å². The fourth-order valence-electron chi connectivity index (χ4n) is 5.05. The zero-order chi connectivity index (χ0) is 19.2. The van der Waals surface area contributed by atoms with Crippen molar-refractivity contribution >= 4 is 27.5 Å². The van der Waals surface area contributed by atoms with E-state index < -0.39 is 10.8 Å². The summed E-state index contributed by atoms with van der Waals surface area (Å²) in [6.45, 7) is 5.71. The van der Waals surface area contributed by atoms with Gasteiger partial charge in [-0.2, -0.15) is 0 Å². The molecule has 0 N–H and O–H groups in total. The minimum atomic E-state index is -0.763. The molecule has 2 aliphatic carbocycles. The Hall–Kier alpha value is -2.26. The first-order valence-electron chi connectivity index (χ1n) is 9.20. The van der Waals surface area contributed by atoms with E-state index in [1.54, 1.807) is 6.08 Å². The van der Waals surface area contributed by atoms with E-state index in [2.05, 4.69) is 22.5 Å². The van der Waals surface area contributed by atoms with Gasteiger partial charge >= 0.3 is 0 Å². The van der Waals surface area contributed by atoms with Crippen molar-refractivity contribution in [3.8, 4) is 0 Å². The normalized spacial score (nSPS) is 25.9. The lowest BCUT2D eigenvalue weighted by molar-refractivity contribution is -0.125. The van der Waals surface area contributed by atoms with E-state index in [4.69, 9.17) is 0 Å². The Morgan fingerprint density at radius 2 is 1.52 bits per heavy atom. The minimum Gasteiger partial charge on any atom is -0.294 e. The predicted molar refractivity (Wildman–Crippen MR) is 111 cm³/mol. The van der Waals surface area contributed by atoms with E-state index in [-0.39, 0.29) is 17.5 Å². The number of allylic oxidation sites excluding steroid dienone is 3. The number of ketones is 2. The van der Waals surface area contributed by atoms with Crippen LogP contribution in [0.1, 0.15) is 30.9 Å². The first kappa shape index (κ1) is 18.1. The van der Waals surface area contributed by atoms with Gasteiger partial charge < -0.3 is 0 Å². The van der Waals surface area contributed by atoms with E-state index in [0.717, 1.165) is 11.1 Å². The summed E-state index contributed by atoms with van der Waals surface area (Å²) in [4.78, 5) is 27.0. The van der Waals surface area contributed by atoms with Crippen molar-refractivity contribution in [3.63, 3.8) is 0 Å². The van der Waals surface area contributed by atoms with Crippen molar-refractivity contribution in [3.05, 3.63) is 94.5 Å². The highest BCUT2D eigenvalue weighted by molar-refractivity contribution is 9.12. The largest absolute Gasteiger partial charge is 0.294 e. The van der Waals surface area contributed by atoms with Crippen LogP contribution in [0.4, 0.5) is 0 Å². The Morgan fingerprint density at radius 1 is 1.00 bits per heavy atom. The highest BCUT2D eigenvalue weighted by Gasteiger charge is 2.82. The topological polar surface area (TPSA) is 34.1 Å². The number of hydrogen-bond donors (Lipinski definition) is 0. The van der Waals surface area contributed by atoms with Gasteiger partial charge in [0.1, 0.15) is 0 Å². The number of halogens is 1. The number of fused-ring (bicyclic) bond motifs is 1. The minimum absolute atomic E-state index is 0.0314. The molecule has 3 heteroatoms. The first-order valence-corrected chi connectivity index (χ1v) is 10.00. The maximum Gasteiger partial charge on any atom is 0.175 e. The van der Waals surface area contributed by atoms with E-state index >= 15 is 0 Å². The lowest BCUT2D eigenvalue weighted by atomic mass is 9.77. The Bertz CT molecular complexity index is 919. The van der Waals surface area contributed by atoms with Gasteiger partial charge in [-0.25, -0.2) is 0 Å². The summed E-state index contributed by atoms with van der Waals surface area (Å²) in [5.74, 6) is -0.276. The standard InChI is InChI=1S/C24H21BrO2/c1-3-4-15-18-19(25)20(26)21-23(2,22(18)27)24(21,16-11-7-5-8-12-16)17-13-9-6-10-14-17/h3,5-14,21H,1,4,15H2,2H3/t21-,23-/m1/s1. The van der Waals surface area contributed by atoms with Gasteiger partial charge in [-0.15, -0.1) is 6.58 Å². The molecule has 1 fully saturated rings. The van der Waals surface area contributed by atoms with Gasteiger partial charge in [0, 0.05) is 11.0 Å². The number of carbonyl (C=O) groups excluding carboxylic acids is 2. The van der Waals surface area contributed by atoms with E-state index in [9.17, 15) is 9.59 Å². The molecule has 0 aromatic heterocycles. The predicted octanol–water partition coefficient (Wildman–Crippen LogP) is 5.38. The van der Waals surface area contributed by atoms with E-state index in [1.165, 1.54) is 0 Å². The van der Waals surface area contributed by atoms with Crippen LogP contribution in [0.3, 0.4) is 0 Å². The molecule has 0 radical (unpaired) electrons. The monoisotopic (exact) mass is 420 g/mol. The average Bonchev–Trinajstić information content (AvgIpc) is 3.30. The lowest BCUT2D eigenvalue weighted by Crippen LogP contribution is -2.29. The number of rotatable bonds is 5. The van der Waals surface area contributed by atoms with Crippen LogP contribution in [0, 0.1) is 11.3 Å². The van der Waals surface area contributed by atoms with Gasteiger partial charge in [-0.1, -0.05) is 73.7 Å². The van der Waals surface area contributed by atoms with Crippen LogP contribution in [0.25, 0.3) is 0 Å². The third-order valence-corrected chi connectivity index (χ3v) is 7.16. The van der Waals surface area contributed by atoms with Crippen LogP contribution >= 0.6 is 15.9 Å². The zero-order valence-corrected chi connectivity index (χ0v) is 16.8. The summed E-state index contributed by atoms with van der Waals surface area (Å²) in [5.41, 5.74) is 1.26. The molecule has 2 nitrogen and oxygen atoms in total. The summed E-state index contributed by atoms with van der Waals surface area (Å²) in [6.07, 6.45) is 3.00. The maximum absolute atomic E-state index is 13.6. The van der Waals surface area contributed by atoms with Crippen LogP contribution in [0.15, 0.2) is 83.4 Å². The second-order valence-corrected chi connectivity index (χ2v) is 8.28. The average molecular weight is 421 g/mol. The van der Waals surface area contributed by atoms with Gasteiger partial charge in [0.25, 0.3) is 0 Å². The molecule has 0 heterocycles. The molecule has 2 aromatic rings. The zero-order valence-electron chi connectivity index (χ0n) is 15.2. The SMILES string of the molecule is C=CCCC1=C(Br)C(=O)[C@H]2C(c3ccccc3)(c3ccccc3)[C@@]2(C)C1=O. The molecule has 2 aliphatic rings. The molecule has 0 unspecified atom stereocenters. The Labute approximate surface area is 168 Å². The van der Waals surface area contributed by atoms with Crippen LogP contribution in [0.5, 0.6) is 0 Å². The first-order chi connectivity index (χ1) is 13.0. The quantitative estimate of drug-likeness (QED) is 0.608. The van der Waals surface area contributed by atoms with Crippen LogP contribution < -0.4 is 0 Å². The van der Waals surface area contributed by atoms with Crippen molar-refractivity contribution < 1.29 is 9.59 Å². The molecule has 0 saturated heterocycles. The number of carbonyl (C=O) groups is 2. The summed E-state index contributed by atoms with van der Waals surface area (Å²) < 4.78 is 0.450. The highest BCUT2D eigenvalue weighted by Crippen LogP contribution is 2.76. The molecule has 1 saturated carbocycles. The van der Waals surface area contributed by atoms with Gasteiger partial charge in [0.2, 0.25) is 0 Å².